The molecule has 2 aliphatic rings. The lowest BCUT2D eigenvalue weighted by Gasteiger charge is -2.49. The van der Waals surface area contributed by atoms with Crippen LogP contribution in [0.4, 0.5) is 0 Å². The molecule has 0 aromatic rings. The van der Waals surface area contributed by atoms with E-state index >= 15 is 0 Å². The quantitative estimate of drug-likeness (QED) is 0.691. The number of hydrogen-bond acceptors (Lipinski definition) is 2. The summed E-state index contributed by atoms with van der Waals surface area (Å²) >= 11 is 0. The summed E-state index contributed by atoms with van der Waals surface area (Å²) in [6.07, 6.45) is 11.9. The highest BCUT2D eigenvalue weighted by molar-refractivity contribution is 7.46. The van der Waals surface area contributed by atoms with Crippen molar-refractivity contribution in [3.8, 4) is 0 Å². The zero-order chi connectivity index (χ0) is 15.6. The molecule has 2 rings (SSSR count). The Morgan fingerprint density at radius 2 is 1.76 bits per heavy atom. The fraction of sp³-hybridized carbons (Fsp3) is 1.00. The zero-order valence-electron chi connectivity index (χ0n) is 13.5. The highest BCUT2D eigenvalue weighted by Gasteiger charge is 2.55. The molecule has 0 bridgehead atoms. The van der Waals surface area contributed by atoms with Gasteiger partial charge in [-0.05, 0) is 43.4 Å². The van der Waals surface area contributed by atoms with Crippen molar-refractivity contribution in [1.29, 1.82) is 0 Å². The van der Waals surface area contributed by atoms with Gasteiger partial charge >= 0.3 is 7.82 Å². The molecule has 0 saturated heterocycles. The zero-order valence-corrected chi connectivity index (χ0v) is 14.4. The summed E-state index contributed by atoms with van der Waals surface area (Å²) in [6, 6.07) is 0. The molecule has 2 atom stereocenters. The maximum atomic E-state index is 11.6. The van der Waals surface area contributed by atoms with Gasteiger partial charge in [-0.2, -0.15) is 0 Å². The number of phosphoric acid groups is 1. The Bertz CT molecular complexity index is 386. The molecule has 0 aromatic heterocycles. The lowest BCUT2D eigenvalue weighted by atomic mass is 9.59. The standard InChI is InChI=1S/C16H31O4P/c1-3-10-16(20-21(17,18)19)13-8-9-14(16)15(4-2)11-6-5-7-12-15/h14H,3-13H2,1-2H3,(H2,17,18,19). The van der Waals surface area contributed by atoms with Crippen LogP contribution in [0.5, 0.6) is 0 Å². The molecule has 124 valence electrons. The van der Waals surface area contributed by atoms with E-state index in [1.165, 1.54) is 32.1 Å². The van der Waals surface area contributed by atoms with E-state index in [1.807, 2.05) is 0 Å². The van der Waals surface area contributed by atoms with Gasteiger partial charge in [0.2, 0.25) is 0 Å². The second-order valence-electron chi connectivity index (χ2n) is 7.12. The summed E-state index contributed by atoms with van der Waals surface area (Å²) in [4.78, 5) is 18.9. The summed E-state index contributed by atoms with van der Waals surface area (Å²) < 4.78 is 17.0. The number of rotatable bonds is 6. The molecule has 21 heavy (non-hydrogen) atoms. The van der Waals surface area contributed by atoms with Crippen LogP contribution in [-0.2, 0) is 9.09 Å². The lowest BCUT2D eigenvalue weighted by Crippen LogP contribution is -2.46. The fourth-order valence-corrected chi connectivity index (χ4v) is 6.01. The van der Waals surface area contributed by atoms with Crippen molar-refractivity contribution < 1.29 is 18.9 Å². The molecule has 2 fully saturated rings. The average Bonchev–Trinajstić information content (AvgIpc) is 2.81. The van der Waals surface area contributed by atoms with Gasteiger partial charge in [0.1, 0.15) is 0 Å². The largest absolute Gasteiger partial charge is 0.470 e. The molecule has 0 aromatic carbocycles. The second-order valence-corrected chi connectivity index (χ2v) is 8.28. The first-order valence-electron chi connectivity index (χ1n) is 8.64. The molecule has 0 aliphatic heterocycles. The first-order valence-corrected chi connectivity index (χ1v) is 10.2. The Balaban J connectivity index is 2.31. The van der Waals surface area contributed by atoms with Crippen LogP contribution >= 0.6 is 7.82 Å². The van der Waals surface area contributed by atoms with Crippen LogP contribution < -0.4 is 0 Å². The van der Waals surface area contributed by atoms with Gasteiger partial charge in [-0.15, -0.1) is 0 Å². The Kier molecular flexibility index (Phi) is 5.57. The van der Waals surface area contributed by atoms with Crippen LogP contribution in [0.25, 0.3) is 0 Å². The predicted molar refractivity (Wildman–Crippen MR) is 83.9 cm³/mol. The van der Waals surface area contributed by atoms with Crippen molar-refractivity contribution >= 4 is 7.82 Å². The van der Waals surface area contributed by atoms with E-state index in [4.69, 9.17) is 4.52 Å². The minimum atomic E-state index is -4.44. The Labute approximate surface area is 128 Å². The Morgan fingerprint density at radius 1 is 1.10 bits per heavy atom. The molecule has 0 spiro atoms. The topological polar surface area (TPSA) is 66.8 Å². The first-order chi connectivity index (χ1) is 9.87. The first kappa shape index (κ1) is 17.5. The van der Waals surface area contributed by atoms with Gasteiger partial charge in [-0.1, -0.05) is 52.4 Å². The van der Waals surface area contributed by atoms with E-state index in [1.54, 1.807) is 0 Å². The molecule has 0 radical (unpaired) electrons. The Morgan fingerprint density at radius 3 is 2.29 bits per heavy atom. The third kappa shape index (κ3) is 3.72. The minimum Gasteiger partial charge on any atom is -0.303 e. The summed E-state index contributed by atoms with van der Waals surface area (Å²) in [5.74, 6) is 0.308. The van der Waals surface area contributed by atoms with E-state index in [2.05, 4.69) is 13.8 Å². The monoisotopic (exact) mass is 318 g/mol. The van der Waals surface area contributed by atoms with Crippen molar-refractivity contribution in [2.45, 2.75) is 90.1 Å². The average molecular weight is 318 g/mol. The smallest absolute Gasteiger partial charge is 0.303 e. The maximum Gasteiger partial charge on any atom is 0.470 e. The van der Waals surface area contributed by atoms with Gasteiger partial charge in [0.15, 0.2) is 0 Å². The van der Waals surface area contributed by atoms with Crippen LogP contribution in [0.15, 0.2) is 0 Å². The van der Waals surface area contributed by atoms with E-state index in [0.717, 1.165) is 38.5 Å². The molecule has 2 saturated carbocycles. The van der Waals surface area contributed by atoms with Gasteiger partial charge in [-0.3, -0.25) is 4.52 Å². The third-order valence-electron chi connectivity index (χ3n) is 5.99. The molecular weight excluding hydrogens is 287 g/mol. The van der Waals surface area contributed by atoms with Crippen molar-refractivity contribution in [1.82, 2.24) is 0 Å². The van der Waals surface area contributed by atoms with Crippen molar-refractivity contribution in [2.75, 3.05) is 0 Å². The van der Waals surface area contributed by atoms with Gasteiger partial charge in [-0.25, -0.2) is 4.57 Å². The van der Waals surface area contributed by atoms with Crippen molar-refractivity contribution in [3.63, 3.8) is 0 Å². The molecule has 0 amide bonds. The molecule has 5 heteroatoms. The Hall–Kier alpha value is 0.110. The summed E-state index contributed by atoms with van der Waals surface area (Å²) in [5, 5.41) is 0. The third-order valence-corrected chi connectivity index (χ3v) is 6.60. The molecule has 0 heterocycles. The summed E-state index contributed by atoms with van der Waals surface area (Å²) in [6.45, 7) is 4.33. The lowest BCUT2D eigenvalue weighted by molar-refractivity contribution is -0.0719. The molecule has 2 unspecified atom stereocenters. The minimum absolute atomic E-state index is 0.235. The predicted octanol–water partition coefficient (Wildman–Crippen LogP) is 4.80. The van der Waals surface area contributed by atoms with Crippen LogP contribution in [0.3, 0.4) is 0 Å². The number of phosphoric ester groups is 1. The van der Waals surface area contributed by atoms with E-state index in [-0.39, 0.29) is 5.41 Å². The molecule has 4 nitrogen and oxygen atoms in total. The maximum absolute atomic E-state index is 11.6. The van der Waals surface area contributed by atoms with Gasteiger partial charge in [0.25, 0.3) is 0 Å². The van der Waals surface area contributed by atoms with E-state index < -0.39 is 13.4 Å². The van der Waals surface area contributed by atoms with Crippen molar-refractivity contribution in [3.05, 3.63) is 0 Å². The van der Waals surface area contributed by atoms with E-state index in [0.29, 0.717) is 5.92 Å². The van der Waals surface area contributed by atoms with Crippen molar-refractivity contribution in [2.24, 2.45) is 11.3 Å². The summed E-state index contributed by atoms with van der Waals surface area (Å²) in [5.41, 5.74) is -0.361. The van der Waals surface area contributed by atoms with Gasteiger partial charge in [0, 0.05) is 0 Å². The molecule has 2 aliphatic carbocycles. The van der Waals surface area contributed by atoms with E-state index in [9.17, 15) is 14.4 Å². The summed E-state index contributed by atoms with van der Waals surface area (Å²) in [7, 11) is -4.44. The van der Waals surface area contributed by atoms with Crippen LogP contribution in [0, 0.1) is 11.3 Å². The highest BCUT2D eigenvalue weighted by atomic mass is 31.2. The van der Waals surface area contributed by atoms with Gasteiger partial charge < -0.3 is 9.79 Å². The van der Waals surface area contributed by atoms with Crippen LogP contribution in [0.1, 0.15) is 84.5 Å². The van der Waals surface area contributed by atoms with Gasteiger partial charge in [0.05, 0.1) is 5.60 Å². The fourth-order valence-electron chi connectivity index (χ4n) is 5.23. The molecule has 2 N–H and O–H groups in total. The SMILES string of the molecule is CCCC1(OP(=O)(O)O)CCCC1C1(CC)CCCCC1. The second kappa shape index (κ2) is 6.70. The van der Waals surface area contributed by atoms with Crippen LogP contribution in [-0.4, -0.2) is 15.4 Å². The normalized spacial score (nSPS) is 33.2. The van der Waals surface area contributed by atoms with Crippen LogP contribution in [0.2, 0.25) is 0 Å². The highest BCUT2D eigenvalue weighted by Crippen LogP contribution is 2.61. The number of hydrogen-bond donors (Lipinski definition) is 2. The molecular formula is C16H31O4P.